The van der Waals surface area contributed by atoms with E-state index < -0.39 is 0 Å². The molecule has 2 N–H and O–H groups in total. The van der Waals surface area contributed by atoms with Crippen molar-refractivity contribution in [2.45, 2.75) is 44.9 Å². The zero-order chi connectivity index (χ0) is 18.0. The molecular formula is C21H27N3O. The SMILES string of the molecule is Cc1nc(C2CCCCC2)c(C(N)=O)c(N(C)C)c1-c1ccccc1. The summed E-state index contributed by atoms with van der Waals surface area (Å²) in [6, 6.07) is 10.1. The molecule has 4 nitrogen and oxygen atoms in total. The van der Waals surface area contributed by atoms with E-state index in [0.29, 0.717) is 11.5 Å². The molecule has 0 unspecified atom stereocenters. The summed E-state index contributed by atoms with van der Waals surface area (Å²) in [5.41, 5.74) is 11.3. The topological polar surface area (TPSA) is 59.2 Å². The minimum atomic E-state index is -0.381. The zero-order valence-electron chi connectivity index (χ0n) is 15.4. The molecule has 25 heavy (non-hydrogen) atoms. The number of nitrogens with zero attached hydrogens (tertiary/aromatic N) is 2. The number of nitrogens with two attached hydrogens (primary N) is 1. The van der Waals surface area contributed by atoms with Crippen LogP contribution < -0.4 is 10.6 Å². The summed E-state index contributed by atoms with van der Waals surface area (Å²) in [5.74, 6) is -0.0487. The summed E-state index contributed by atoms with van der Waals surface area (Å²) < 4.78 is 0. The minimum absolute atomic E-state index is 0.332. The number of hydrogen-bond acceptors (Lipinski definition) is 3. The maximum absolute atomic E-state index is 12.4. The Morgan fingerprint density at radius 2 is 1.76 bits per heavy atom. The van der Waals surface area contributed by atoms with Crippen LogP contribution in [0.2, 0.25) is 0 Å². The second-order valence-corrected chi connectivity index (χ2v) is 7.14. The molecule has 1 aliphatic carbocycles. The van der Waals surface area contributed by atoms with Gasteiger partial charge in [0.2, 0.25) is 0 Å². The number of carbonyl (C=O) groups is 1. The lowest BCUT2D eigenvalue weighted by Crippen LogP contribution is -2.25. The molecule has 2 aromatic rings. The Labute approximate surface area is 150 Å². The van der Waals surface area contributed by atoms with Gasteiger partial charge in [-0.3, -0.25) is 9.78 Å². The van der Waals surface area contributed by atoms with Crippen molar-refractivity contribution >= 4 is 11.6 Å². The van der Waals surface area contributed by atoms with Crippen molar-refractivity contribution in [3.63, 3.8) is 0 Å². The van der Waals surface area contributed by atoms with Crippen LogP contribution in [0.5, 0.6) is 0 Å². The smallest absolute Gasteiger partial charge is 0.252 e. The fraction of sp³-hybridized carbons (Fsp3) is 0.429. The third-order valence-corrected chi connectivity index (χ3v) is 5.13. The lowest BCUT2D eigenvalue weighted by Gasteiger charge is -2.28. The number of carbonyl (C=O) groups excluding carboxylic acids is 1. The number of benzene rings is 1. The molecule has 3 rings (SSSR count). The standard InChI is InChI=1S/C21H27N3O/c1-14-17(15-10-6-4-7-11-15)20(24(2)3)18(21(22)25)19(23-14)16-12-8-5-9-13-16/h4,6-7,10-11,16H,5,8-9,12-13H2,1-3H3,(H2,22,25). The molecule has 1 aliphatic rings. The van der Waals surface area contributed by atoms with E-state index in [2.05, 4.69) is 12.1 Å². The predicted molar refractivity (Wildman–Crippen MR) is 103 cm³/mol. The monoisotopic (exact) mass is 337 g/mol. The van der Waals surface area contributed by atoms with Gasteiger partial charge in [-0.2, -0.15) is 0 Å². The van der Waals surface area contributed by atoms with Crippen molar-refractivity contribution in [2.75, 3.05) is 19.0 Å². The van der Waals surface area contributed by atoms with Gasteiger partial charge in [0.15, 0.2) is 0 Å². The van der Waals surface area contributed by atoms with Gasteiger partial charge in [-0.25, -0.2) is 0 Å². The molecule has 1 amide bonds. The Kier molecular flexibility index (Phi) is 5.07. The van der Waals surface area contributed by atoms with Crippen LogP contribution in [-0.4, -0.2) is 25.0 Å². The van der Waals surface area contributed by atoms with Gasteiger partial charge in [-0.1, -0.05) is 49.6 Å². The van der Waals surface area contributed by atoms with Gasteiger partial charge >= 0.3 is 0 Å². The summed E-state index contributed by atoms with van der Waals surface area (Å²) in [5, 5.41) is 0. The van der Waals surface area contributed by atoms with Gasteiger partial charge in [0, 0.05) is 31.3 Å². The number of anilines is 1. The van der Waals surface area contributed by atoms with Crippen molar-refractivity contribution in [2.24, 2.45) is 5.73 Å². The number of aryl methyl sites for hydroxylation is 1. The van der Waals surface area contributed by atoms with Gasteiger partial charge in [0.1, 0.15) is 0 Å². The molecule has 1 heterocycles. The van der Waals surface area contributed by atoms with Gasteiger partial charge in [-0.05, 0) is 25.3 Å². The first kappa shape index (κ1) is 17.5. The number of rotatable bonds is 4. The van der Waals surface area contributed by atoms with Crippen LogP contribution in [0.1, 0.15) is 59.8 Å². The molecule has 0 bridgehead atoms. The highest BCUT2D eigenvalue weighted by molar-refractivity contribution is 6.04. The molecule has 0 saturated heterocycles. The molecule has 0 spiro atoms. The van der Waals surface area contributed by atoms with E-state index >= 15 is 0 Å². The largest absolute Gasteiger partial charge is 0.376 e. The van der Waals surface area contributed by atoms with E-state index in [4.69, 9.17) is 10.7 Å². The summed E-state index contributed by atoms with van der Waals surface area (Å²) in [6.45, 7) is 2.03. The highest BCUT2D eigenvalue weighted by Crippen LogP contribution is 2.41. The first-order valence-electron chi connectivity index (χ1n) is 9.07. The van der Waals surface area contributed by atoms with E-state index in [1.165, 1.54) is 19.3 Å². The molecular weight excluding hydrogens is 310 g/mol. The second-order valence-electron chi connectivity index (χ2n) is 7.14. The molecule has 0 aliphatic heterocycles. The van der Waals surface area contributed by atoms with Gasteiger partial charge in [-0.15, -0.1) is 0 Å². The fourth-order valence-electron chi connectivity index (χ4n) is 4.02. The maximum atomic E-state index is 12.4. The lowest BCUT2D eigenvalue weighted by molar-refractivity contribution is 0.0998. The zero-order valence-corrected chi connectivity index (χ0v) is 15.4. The summed E-state index contributed by atoms with van der Waals surface area (Å²) in [7, 11) is 3.94. The van der Waals surface area contributed by atoms with E-state index in [-0.39, 0.29) is 5.91 Å². The van der Waals surface area contributed by atoms with Crippen molar-refractivity contribution in [1.82, 2.24) is 4.98 Å². The van der Waals surface area contributed by atoms with E-state index in [1.54, 1.807) is 0 Å². The average molecular weight is 337 g/mol. The van der Waals surface area contributed by atoms with Crippen molar-refractivity contribution in [1.29, 1.82) is 0 Å². The number of pyridine rings is 1. The molecule has 1 aromatic heterocycles. The molecule has 1 aromatic carbocycles. The highest BCUT2D eigenvalue weighted by Gasteiger charge is 2.28. The first-order valence-corrected chi connectivity index (χ1v) is 9.07. The number of aromatic nitrogens is 1. The Morgan fingerprint density at radius 3 is 2.32 bits per heavy atom. The van der Waals surface area contributed by atoms with Crippen LogP contribution in [0.3, 0.4) is 0 Å². The predicted octanol–water partition coefficient (Wildman–Crippen LogP) is 4.27. The van der Waals surface area contributed by atoms with Crippen LogP contribution in [0.25, 0.3) is 11.1 Å². The normalized spacial score (nSPS) is 15.2. The van der Waals surface area contributed by atoms with Crippen molar-refractivity contribution in [3.05, 3.63) is 47.3 Å². The van der Waals surface area contributed by atoms with Crippen LogP contribution in [0.15, 0.2) is 30.3 Å². The fourth-order valence-corrected chi connectivity index (χ4v) is 4.02. The highest BCUT2D eigenvalue weighted by atomic mass is 16.1. The molecule has 132 valence electrons. The van der Waals surface area contributed by atoms with E-state index in [1.807, 2.05) is 44.1 Å². The Hall–Kier alpha value is -2.36. The molecule has 1 saturated carbocycles. The van der Waals surface area contributed by atoms with Crippen molar-refractivity contribution in [3.8, 4) is 11.1 Å². The van der Waals surface area contributed by atoms with E-state index in [9.17, 15) is 4.79 Å². The Morgan fingerprint density at radius 1 is 1.12 bits per heavy atom. The third kappa shape index (κ3) is 3.39. The van der Waals surface area contributed by atoms with Crippen LogP contribution >= 0.6 is 0 Å². The van der Waals surface area contributed by atoms with Crippen molar-refractivity contribution < 1.29 is 4.79 Å². The minimum Gasteiger partial charge on any atom is -0.376 e. The van der Waals surface area contributed by atoms with Crippen LogP contribution in [0, 0.1) is 6.92 Å². The molecule has 1 fully saturated rings. The quantitative estimate of drug-likeness (QED) is 0.906. The molecule has 0 radical (unpaired) electrons. The van der Waals surface area contributed by atoms with Crippen LogP contribution in [-0.2, 0) is 0 Å². The Bertz CT molecular complexity index is 762. The van der Waals surface area contributed by atoms with Gasteiger partial charge < -0.3 is 10.6 Å². The Balaban J connectivity index is 2.28. The van der Waals surface area contributed by atoms with E-state index in [0.717, 1.165) is 41.0 Å². The summed E-state index contributed by atoms with van der Waals surface area (Å²) >= 11 is 0. The molecule has 0 atom stereocenters. The summed E-state index contributed by atoms with van der Waals surface area (Å²) in [4.78, 5) is 19.4. The average Bonchev–Trinajstić information content (AvgIpc) is 2.61. The summed E-state index contributed by atoms with van der Waals surface area (Å²) in [6.07, 6.45) is 5.83. The van der Waals surface area contributed by atoms with Crippen LogP contribution in [0.4, 0.5) is 5.69 Å². The lowest BCUT2D eigenvalue weighted by atomic mass is 9.83. The maximum Gasteiger partial charge on any atom is 0.252 e. The number of primary amides is 1. The number of hydrogen-bond donors (Lipinski definition) is 1. The third-order valence-electron chi connectivity index (χ3n) is 5.13. The second kappa shape index (κ2) is 7.26. The first-order chi connectivity index (χ1) is 12.0. The van der Waals surface area contributed by atoms with Gasteiger partial charge in [0.05, 0.1) is 16.9 Å². The van der Waals surface area contributed by atoms with Gasteiger partial charge in [0.25, 0.3) is 5.91 Å². The number of amides is 1. The molecule has 4 heteroatoms.